The molecule has 0 amide bonds. The minimum Gasteiger partial charge on any atom is -0.341 e. The molecule has 0 aliphatic rings. The van der Waals surface area contributed by atoms with Gasteiger partial charge in [0.2, 0.25) is 0 Å². The van der Waals surface area contributed by atoms with Gasteiger partial charge in [-0.15, -0.1) is 0 Å². The summed E-state index contributed by atoms with van der Waals surface area (Å²) < 4.78 is 2.11. The minimum absolute atomic E-state index is 0.205. The van der Waals surface area contributed by atoms with Crippen LogP contribution in [-0.2, 0) is 13.1 Å². The number of rotatable bonds is 4. The van der Waals surface area contributed by atoms with Crippen molar-refractivity contribution in [1.29, 1.82) is 0 Å². The number of nitrogens with two attached hydrogens (primary N) is 1. The van der Waals surface area contributed by atoms with Crippen LogP contribution in [0.4, 0.5) is 0 Å². The maximum Gasteiger partial charge on any atom is 0.275 e. The summed E-state index contributed by atoms with van der Waals surface area (Å²) in [4.78, 5) is 25.6. The van der Waals surface area contributed by atoms with E-state index in [1.807, 2.05) is 79.0 Å². The summed E-state index contributed by atoms with van der Waals surface area (Å²) in [5, 5.41) is 3.13. The second kappa shape index (κ2) is 7.69. The lowest BCUT2D eigenvalue weighted by molar-refractivity contribution is 0.794. The molecule has 33 heavy (non-hydrogen) atoms. The summed E-state index contributed by atoms with van der Waals surface area (Å²) >= 11 is 0. The van der Waals surface area contributed by atoms with Crippen LogP contribution in [0.25, 0.3) is 44.0 Å². The Labute approximate surface area is 189 Å². The fourth-order valence-corrected chi connectivity index (χ4v) is 4.43. The smallest absolute Gasteiger partial charge is 0.275 e. The molecule has 0 spiro atoms. The molecule has 0 aliphatic carbocycles. The molecule has 0 unspecified atom stereocenters. The topological polar surface area (TPSA) is 89.6 Å². The first kappa shape index (κ1) is 19.4. The zero-order valence-electron chi connectivity index (χ0n) is 17.8. The number of hydrogen-bond acceptors (Lipinski definition) is 4. The summed E-state index contributed by atoms with van der Waals surface area (Å²) in [6, 6.07) is 26.0. The standard InChI is InChI=1S/C27H21N5O/c28-14-19-8-5-9-20(29-19)15-32-16-22(21-10-3-4-11-25(21)32)26-27(33)31-24-13-18-7-2-1-6-17(18)12-23(24)30-26/h1-13,16H,14-15,28H2,(H,31,33). The van der Waals surface area contributed by atoms with E-state index in [-0.39, 0.29) is 5.56 Å². The Morgan fingerprint density at radius 1 is 0.848 bits per heavy atom. The second-order valence-corrected chi connectivity index (χ2v) is 8.14. The van der Waals surface area contributed by atoms with Crippen LogP contribution in [0.15, 0.2) is 89.9 Å². The zero-order valence-corrected chi connectivity index (χ0v) is 17.8. The zero-order chi connectivity index (χ0) is 22.4. The molecule has 6 nitrogen and oxygen atoms in total. The number of para-hydroxylation sites is 1. The highest BCUT2D eigenvalue weighted by atomic mass is 16.1. The number of pyridine rings is 1. The van der Waals surface area contributed by atoms with Gasteiger partial charge < -0.3 is 15.3 Å². The van der Waals surface area contributed by atoms with Crippen molar-refractivity contribution in [2.24, 2.45) is 5.73 Å². The molecule has 0 fully saturated rings. The first-order valence-electron chi connectivity index (χ1n) is 10.9. The van der Waals surface area contributed by atoms with Crippen LogP contribution < -0.4 is 11.3 Å². The van der Waals surface area contributed by atoms with E-state index in [1.165, 1.54) is 0 Å². The predicted octanol–water partition coefficient (Wildman–Crippen LogP) is 4.60. The number of aromatic nitrogens is 4. The van der Waals surface area contributed by atoms with Crippen LogP contribution in [0.3, 0.4) is 0 Å². The van der Waals surface area contributed by atoms with Gasteiger partial charge in [-0.3, -0.25) is 9.78 Å². The minimum atomic E-state index is -0.205. The van der Waals surface area contributed by atoms with Gasteiger partial charge in [0, 0.05) is 29.2 Å². The molecule has 3 heterocycles. The van der Waals surface area contributed by atoms with E-state index in [0.29, 0.717) is 18.8 Å². The monoisotopic (exact) mass is 431 g/mol. The summed E-state index contributed by atoms with van der Waals surface area (Å²) in [6.45, 7) is 0.973. The Morgan fingerprint density at radius 3 is 2.45 bits per heavy atom. The molecule has 3 aromatic carbocycles. The third-order valence-electron chi connectivity index (χ3n) is 6.01. The Morgan fingerprint density at radius 2 is 1.61 bits per heavy atom. The van der Waals surface area contributed by atoms with Crippen molar-refractivity contribution >= 4 is 32.7 Å². The summed E-state index contributed by atoms with van der Waals surface area (Å²) in [7, 11) is 0. The molecular weight excluding hydrogens is 410 g/mol. The fourth-order valence-electron chi connectivity index (χ4n) is 4.43. The van der Waals surface area contributed by atoms with E-state index in [2.05, 4.69) is 20.6 Å². The highest BCUT2D eigenvalue weighted by molar-refractivity contribution is 5.98. The molecule has 6 aromatic rings. The Balaban J connectivity index is 1.53. The van der Waals surface area contributed by atoms with Gasteiger partial charge in [-0.2, -0.15) is 0 Å². The lowest BCUT2D eigenvalue weighted by atomic mass is 10.1. The van der Waals surface area contributed by atoms with Crippen LogP contribution in [-0.4, -0.2) is 19.5 Å². The molecule has 0 aliphatic heterocycles. The van der Waals surface area contributed by atoms with Gasteiger partial charge in [0.1, 0.15) is 5.69 Å². The van der Waals surface area contributed by atoms with Crippen molar-refractivity contribution in [3.05, 3.63) is 107 Å². The largest absolute Gasteiger partial charge is 0.341 e. The van der Waals surface area contributed by atoms with Gasteiger partial charge in [0.25, 0.3) is 5.56 Å². The van der Waals surface area contributed by atoms with Crippen molar-refractivity contribution in [3.63, 3.8) is 0 Å². The summed E-state index contributed by atoms with van der Waals surface area (Å²) in [6.07, 6.45) is 1.99. The molecule has 0 saturated carbocycles. The molecule has 0 bridgehead atoms. The van der Waals surface area contributed by atoms with E-state index in [0.717, 1.165) is 49.7 Å². The third-order valence-corrected chi connectivity index (χ3v) is 6.01. The molecule has 160 valence electrons. The average molecular weight is 431 g/mol. The van der Waals surface area contributed by atoms with Crippen molar-refractivity contribution in [1.82, 2.24) is 19.5 Å². The lowest BCUT2D eigenvalue weighted by Crippen LogP contribution is -2.11. The van der Waals surface area contributed by atoms with Crippen LogP contribution >= 0.6 is 0 Å². The molecule has 0 radical (unpaired) electrons. The van der Waals surface area contributed by atoms with Crippen LogP contribution in [0.1, 0.15) is 11.4 Å². The highest BCUT2D eigenvalue weighted by Gasteiger charge is 2.16. The normalized spacial score (nSPS) is 11.5. The molecule has 0 saturated heterocycles. The lowest BCUT2D eigenvalue weighted by Gasteiger charge is -2.06. The maximum absolute atomic E-state index is 13.1. The van der Waals surface area contributed by atoms with E-state index >= 15 is 0 Å². The maximum atomic E-state index is 13.1. The quantitative estimate of drug-likeness (QED) is 0.399. The number of nitrogens with zero attached hydrogens (tertiary/aromatic N) is 3. The van der Waals surface area contributed by atoms with E-state index < -0.39 is 0 Å². The van der Waals surface area contributed by atoms with E-state index in [1.54, 1.807) is 0 Å². The van der Waals surface area contributed by atoms with Crippen molar-refractivity contribution in [3.8, 4) is 11.3 Å². The average Bonchev–Trinajstić information content (AvgIpc) is 3.20. The molecule has 3 N–H and O–H groups in total. The Kier molecular flexibility index (Phi) is 4.52. The Bertz CT molecular complexity index is 1710. The molecular formula is C27H21N5O. The SMILES string of the molecule is NCc1cccc(Cn2cc(-c3nc4cc5ccccc5cc4[nH]c3=O)c3ccccc32)n1. The predicted molar refractivity (Wildman–Crippen MR) is 132 cm³/mol. The van der Waals surface area contributed by atoms with E-state index in [4.69, 9.17) is 10.7 Å². The molecule has 3 aromatic heterocycles. The second-order valence-electron chi connectivity index (χ2n) is 8.14. The van der Waals surface area contributed by atoms with Gasteiger partial charge in [-0.1, -0.05) is 48.5 Å². The van der Waals surface area contributed by atoms with Gasteiger partial charge >= 0.3 is 0 Å². The van der Waals surface area contributed by atoms with E-state index in [9.17, 15) is 4.79 Å². The van der Waals surface area contributed by atoms with Crippen molar-refractivity contribution in [2.45, 2.75) is 13.1 Å². The first-order valence-corrected chi connectivity index (χ1v) is 10.9. The van der Waals surface area contributed by atoms with Crippen molar-refractivity contribution < 1.29 is 0 Å². The third kappa shape index (κ3) is 3.37. The van der Waals surface area contributed by atoms with Crippen LogP contribution in [0.2, 0.25) is 0 Å². The van der Waals surface area contributed by atoms with Gasteiger partial charge in [0.05, 0.1) is 29.0 Å². The number of hydrogen-bond donors (Lipinski definition) is 2. The number of fused-ring (bicyclic) bond motifs is 3. The number of nitrogens with one attached hydrogen (secondary N) is 1. The summed E-state index contributed by atoms with van der Waals surface area (Å²) in [5.41, 5.74) is 11.1. The molecule has 0 atom stereocenters. The van der Waals surface area contributed by atoms with Crippen molar-refractivity contribution in [2.75, 3.05) is 0 Å². The van der Waals surface area contributed by atoms with Gasteiger partial charge in [-0.25, -0.2) is 4.98 Å². The fraction of sp³-hybridized carbons (Fsp3) is 0.0741. The number of aromatic amines is 1. The Hall–Kier alpha value is -4.29. The highest BCUT2D eigenvalue weighted by Crippen LogP contribution is 2.29. The van der Waals surface area contributed by atoms with Crippen LogP contribution in [0.5, 0.6) is 0 Å². The number of H-pyrrole nitrogens is 1. The first-order chi connectivity index (χ1) is 16.2. The number of benzene rings is 3. The molecule has 6 heteroatoms. The van der Waals surface area contributed by atoms with Crippen LogP contribution in [0, 0.1) is 0 Å². The van der Waals surface area contributed by atoms with Gasteiger partial charge in [0.15, 0.2) is 0 Å². The van der Waals surface area contributed by atoms with Gasteiger partial charge in [-0.05, 0) is 41.1 Å². The molecule has 6 rings (SSSR count). The summed E-state index contributed by atoms with van der Waals surface area (Å²) in [5.74, 6) is 0.